The van der Waals surface area contributed by atoms with Crippen LogP contribution in [0.2, 0.25) is 0 Å². The van der Waals surface area contributed by atoms with Crippen LogP contribution in [-0.4, -0.2) is 27.4 Å². The van der Waals surface area contributed by atoms with Crippen molar-refractivity contribution in [3.63, 3.8) is 0 Å². The highest BCUT2D eigenvalue weighted by Gasteiger charge is 2.21. The van der Waals surface area contributed by atoms with E-state index in [1.54, 1.807) is 0 Å². The molecule has 7 nitrogen and oxygen atoms in total. The van der Waals surface area contributed by atoms with Crippen LogP contribution in [0.5, 0.6) is 0 Å². The van der Waals surface area contributed by atoms with Crippen LogP contribution >= 0.6 is 0 Å². The molecular formula is C21H16F2N2O5S. The van der Waals surface area contributed by atoms with Crippen LogP contribution in [0.3, 0.4) is 0 Å². The molecule has 0 radical (unpaired) electrons. The Morgan fingerprint density at radius 3 is 2.13 bits per heavy atom. The fourth-order valence-corrected chi connectivity index (χ4v) is 3.75. The molecule has 3 aromatic carbocycles. The molecule has 0 saturated carbocycles. The number of para-hydroxylation sites is 1. The van der Waals surface area contributed by atoms with Gasteiger partial charge in [-0.2, -0.15) is 0 Å². The summed E-state index contributed by atoms with van der Waals surface area (Å²) in [7, 11) is -3.12. The van der Waals surface area contributed by atoms with Gasteiger partial charge in [-0.05, 0) is 42.5 Å². The lowest BCUT2D eigenvalue weighted by molar-refractivity contribution is 0.0602. The fraction of sp³-hybridized carbons (Fsp3) is 0.0476. The molecule has 3 aromatic rings. The molecule has 31 heavy (non-hydrogen) atoms. The largest absolute Gasteiger partial charge is 0.465 e. The number of esters is 1. The average Bonchev–Trinajstić information content (AvgIpc) is 2.75. The van der Waals surface area contributed by atoms with Crippen LogP contribution in [0, 0.1) is 11.6 Å². The molecule has 0 fully saturated rings. The second kappa shape index (κ2) is 8.92. The van der Waals surface area contributed by atoms with Crippen LogP contribution in [0.4, 0.5) is 20.2 Å². The van der Waals surface area contributed by atoms with Gasteiger partial charge in [0, 0.05) is 0 Å². The zero-order valence-electron chi connectivity index (χ0n) is 16.1. The van der Waals surface area contributed by atoms with Crippen LogP contribution in [0.25, 0.3) is 0 Å². The maximum absolute atomic E-state index is 14.5. The van der Waals surface area contributed by atoms with E-state index < -0.39 is 38.4 Å². The zero-order chi connectivity index (χ0) is 22.6. The van der Waals surface area contributed by atoms with Gasteiger partial charge in [-0.15, -0.1) is 0 Å². The van der Waals surface area contributed by atoms with Gasteiger partial charge >= 0.3 is 5.97 Å². The first kappa shape index (κ1) is 21.9. The van der Waals surface area contributed by atoms with Crippen LogP contribution in [-0.2, 0) is 14.8 Å². The van der Waals surface area contributed by atoms with Gasteiger partial charge in [0.25, 0.3) is 15.9 Å². The van der Waals surface area contributed by atoms with E-state index in [1.165, 1.54) is 42.5 Å². The van der Waals surface area contributed by atoms with Crippen molar-refractivity contribution in [2.75, 3.05) is 17.1 Å². The molecule has 160 valence electrons. The normalized spacial score (nSPS) is 10.9. The predicted octanol–water partition coefficient (Wildman–Crippen LogP) is 3.80. The maximum Gasteiger partial charge on any atom is 0.339 e. The molecule has 0 atom stereocenters. The van der Waals surface area contributed by atoms with Gasteiger partial charge in [-0.25, -0.2) is 22.0 Å². The molecule has 0 saturated heterocycles. The molecule has 0 aromatic heterocycles. The summed E-state index contributed by atoms with van der Waals surface area (Å²) < 4.78 is 60.3. The third kappa shape index (κ3) is 4.86. The Bertz CT molecular complexity index is 1260. The van der Waals surface area contributed by atoms with E-state index in [-0.39, 0.29) is 22.5 Å². The van der Waals surface area contributed by atoms with Gasteiger partial charge in [0.05, 0.1) is 34.5 Å². The molecule has 2 N–H and O–H groups in total. The number of anilines is 2. The second-order valence-corrected chi connectivity index (χ2v) is 7.90. The quantitative estimate of drug-likeness (QED) is 0.561. The van der Waals surface area contributed by atoms with Crippen molar-refractivity contribution >= 4 is 33.3 Å². The Morgan fingerprint density at radius 2 is 1.48 bits per heavy atom. The fourth-order valence-electron chi connectivity index (χ4n) is 2.66. The predicted molar refractivity (Wildman–Crippen MR) is 109 cm³/mol. The molecule has 0 spiro atoms. The number of ether oxygens (including phenoxy) is 1. The Kier molecular flexibility index (Phi) is 6.30. The lowest BCUT2D eigenvalue weighted by Crippen LogP contribution is -2.17. The average molecular weight is 446 g/mol. The van der Waals surface area contributed by atoms with Gasteiger partial charge in [-0.3, -0.25) is 9.52 Å². The zero-order valence-corrected chi connectivity index (χ0v) is 16.9. The molecule has 10 heteroatoms. The number of halogens is 2. The molecule has 1 amide bonds. The SMILES string of the molecule is COC(=O)c1ccccc1NS(=O)(=O)c1ccc(NC(=O)c2ccccc2F)c(F)c1. The van der Waals surface area contributed by atoms with E-state index in [9.17, 15) is 26.8 Å². The van der Waals surface area contributed by atoms with E-state index in [2.05, 4.69) is 14.8 Å². The van der Waals surface area contributed by atoms with Gasteiger partial charge in [0.15, 0.2) is 0 Å². The van der Waals surface area contributed by atoms with Gasteiger partial charge < -0.3 is 10.1 Å². The van der Waals surface area contributed by atoms with Crippen LogP contribution < -0.4 is 10.0 Å². The number of carbonyl (C=O) groups excluding carboxylic acids is 2. The van der Waals surface area contributed by atoms with Crippen molar-refractivity contribution in [1.82, 2.24) is 0 Å². The highest BCUT2D eigenvalue weighted by molar-refractivity contribution is 7.92. The maximum atomic E-state index is 14.5. The lowest BCUT2D eigenvalue weighted by Gasteiger charge is -2.13. The highest BCUT2D eigenvalue weighted by atomic mass is 32.2. The van der Waals surface area contributed by atoms with Gasteiger partial charge in [0.1, 0.15) is 11.6 Å². The molecule has 0 aliphatic rings. The minimum Gasteiger partial charge on any atom is -0.465 e. The molecule has 0 heterocycles. The smallest absolute Gasteiger partial charge is 0.339 e. The minimum absolute atomic E-state index is 0.0252. The van der Waals surface area contributed by atoms with Crippen molar-refractivity contribution < 1.29 is 31.5 Å². The van der Waals surface area contributed by atoms with E-state index in [1.807, 2.05) is 0 Å². The number of hydrogen-bond acceptors (Lipinski definition) is 5. The van der Waals surface area contributed by atoms with E-state index in [0.29, 0.717) is 6.07 Å². The number of nitrogens with one attached hydrogen (secondary N) is 2. The third-order valence-electron chi connectivity index (χ3n) is 4.19. The summed E-state index contributed by atoms with van der Waals surface area (Å²) in [6, 6.07) is 13.7. The highest BCUT2D eigenvalue weighted by Crippen LogP contribution is 2.24. The number of hydrogen-bond donors (Lipinski definition) is 2. The number of rotatable bonds is 6. The lowest BCUT2D eigenvalue weighted by atomic mass is 10.2. The van der Waals surface area contributed by atoms with Crippen molar-refractivity contribution in [2.45, 2.75) is 4.90 Å². The van der Waals surface area contributed by atoms with E-state index in [0.717, 1.165) is 25.3 Å². The number of amides is 1. The third-order valence-corrected chi connectivity index (χ3v) is 5.56. The Hall–Kier alpha value is -3.79. The van der Waals surface area contributed by atoms with E-state index >= 15 is 0 Å². The van der Waals surface area contributed by atoms with Crippen molar-refractivity contribution in [3.8, 4) is 0 Å². The topological polar surface area (TPSA) is 102 Å². The Labute approximate surface area is 176 Å². The monoisotopic (exact) mass is 446 g/mol. The van der Waals surface area contributed by atoms with Crippen molar-refractivity contribution in [1.29, 1.82) is 0 Å². The minimum atomic E-state index is -4.27. The summed E-state index contributed by atoms with van der Waals surface area (Å²) in [5, 5.41) is 2.20. The van der Waals surface area contributed by atoms with Crippen molar-refractivity contribution in [3.05, 3.63) is 89.5 Å². The van der Waals surface area contributed by atoms with E-state index in [4.69, 9.17) is 0 Å². The first-order valence-corrected chi connectivity index (χ1v) is 10.3. The number of benzene rings is 3. The van der Waals surface area contributed by atoms with Gasteiger partial charge in [-0.1, -0.05) is 24.3 Å². The summed E-state index contributed by atoms with van der Waals surface area (Å²) in [5.41, 5.74) is -0.698. The number of sulfonamides is 1. The van der Waals surface area contributed by atoms with Gasteiger partial charge in [0.2, 0.25) is 0 Å². The first-order chi connectivity index (χ1) is 14.7. The number of carbonyl (C=O) groups is 2. The summed E-state index contributed by atoms with van der Waals surface area (Å²) in [6.07, 6.45) is 0. The summed E-state index contributed by atoms with van der Waals surface area (Å²) in [5.74, 6) is -3.48. The van der Waals surface area contributed by atoms with Crippen molar-refractivity contribution in [2.24, 2.45) is 0 Å². The number of methoxy groups -OCH3 is 1. The molecule has 0 aliphatic carbocycles. The Morgan fingerprint density at radius 1 is 0.839 bits per heavy atom. The summed E-state index contributed by atoms with van der Waals surface area (Å²) in [6.45, 7) is 0. The summed E-state index contributed by atoms with van der Waals surface area (Å²) >= 11 is 0. The first-order valence-electron chi connectivity index (χ1n) is 8.78. The van der Waals surface area contributed by atoms with Crippen LogP contribution in [0.15, 0.2) is 71.6 Å². The molecule has 0 aliphatic heterocycles. The molecule has 0 unspecified atom stereocenters. The second-order valence-electron chi connectivity index (χ2n) is 6.22. The summed E-state index contributed by atoms with van der Waals surface area (Å²) in [4.78, 5) is 23.5. The molecule has 3 rings (SSSR count). The molecule has 0 bridgehead atoms. The molecular weight excluding hydrogens is 430 g/mol. The Balaban J connectivity index is 1.85. The standard InChI is InChI=1S/C21H16F2N2O5S/c1-30-21(27)15-7-3-5-9-18(15)25-31(28,29)13-10-11-19(17(23)12-13)24-20(26)14-6-2-4-8-16(14)22/h2-12,25H,1H3,(H,24,26). The van der Waals surface area contributed by atoms with Crippen LogP contribution in [0.1, 0.15) is 20.7 Å².